The summed E-state index contributed by atoms with van der Waals surface area (Å²) in [7, 11) is 0. The predicted octanol–water partition coefficient (Wildman–Crippen LogP) is 2.59. The summed E-state index contributed by atoms with van der Waals surface area (Å²) in [6, 6.07) is 6.81. The van der Waals surface area contributed by atoms with Crippen LogP contribution >= 0.6 is 0 Å². The van der Waals surface area contributed by atoms with Crippen LogP contribution in [0.15, 0.2) is 18.2 Å². The number of piperidine rings is 1. The highest BCUT2D eigenvalue weighted by Crippen LogP contribution is 2.32. The van der Waals surface area contributed by atoms with Crippen molar-refractivity contribution in [3.8, 4) is 0 Å². The van der Waals surface area contributed by atoms with Gasteiger partial charge >= 0.3 is 0 Å². The molecule has 6 rings (SSSR count). The van der Waals surface area contributed by atoms with Crippen molar-refractivity contribution in [3.63, 3.8) is 0 Å². The number of aryl methyl sites for hydroxylation is 1. The summed E-state index contributed by atoms with van der Waals surface area (Å²) in [5.41, 5.74) is 2.64. The SMILES string of the molecule is Cc1nc2ccc(C(=O)N3C[C@H]4CC[C@@H]3CN(C3CCOCC3)C4)cc2[nH]1. The van der Waals surface area contributed by atoms with E-state index in [0.29, 0.717) is 18.0 Å². The Kier molecular flexibility index (Phi) is 4.40. The van der Waals surface area contributed by atoms with Crippen LogP contribution in [0, 0.1) is 12.8 Å². The molecule has 4 fully saturated rings. The molecule has 1 N–H and O–H groups in total. The molecule has 1 amide bonds. The van der Waals surface area contributed by atoms with Gasteiger partial charge in [-0.2, -0.15) is 0 Å². The Bertz CT molecular complexity index is 842. The van der Waals surface area contributed by atoms with Gasteiger partial charge in [-0.1, -0.05) is 0 Å². The molecule has 4 saturated heterocycles. The maximum atomic E-state index is 13.3. The number of ether oxygens (including phenoxy) is 1. The fourth-order valence-corrected chi connectivity index (χ4v) is 5.15. The molecule has 4 aliphatic rings. The second kappa shape index (κ2) is 6.91. The number of carbonyl (C=O) groups is 1. The summed E-state index contributed by atoms with van der Waals surface area (Å²) in [6.45, 7) is 6.73. The van der Waals surface area contributed by atoms with E-state index in [-0.39, 0.29) is 5.91 Å². The Morgan fingerprint density at radius 1 is 1.11 bits per heavy atom. The summed E-state index contributed by atoms with van der Waals surface area (Å²) < 4.78 is 5.55. The standard InChI is InChI=1S/C21H28N4O2/c1-14-22-19-5-3-16(10-20(19)23-14)21(26)25-12-15-2-4-18(25)13-24(11-15)17-6-8-27-9-7-17/h3,5,10,15,17-18H,2,4,6-9,11-13H2,1H3,(H,22,23)/t15-,18+/m0/s1. The first-order valence-corrected chi connectivity index (χ1v) is 10.3. The molecule has 0 unspecified atom stereocenters. The quantitative estimate of drug-likeness (QED) is 0.885. The summed E-state index contributed by atoms with van der Waals surface area (Å²) >= 11 is 0. The van der Waals surface area contributed by atoms with E-state index in [4.69, 9.17) is 4.74 Å². The van der Waals surface area contributed by atoms with Gasteiger partial charge in [0.05, 0.1) is 11.0 Å². The van der Waals surface area contributed by atoms with Crippen LogP contribution < -0.4 is 0 Å². The Morgan fingerprint density at radius 2 is 1.96 bits per heavy atom. The van der Waals surface area contributed by atoms with Crippen LogP contribution in [0.3, 0.4) is 0 Å². The third kappa shape index (κ3) is 3.25. The van der Waals surface area contributed by atoms with E-state index in [1.54, 1.807) is 0 Å². The van der Waals surface area contributed by atoms with Gasteiger partial charge in [0.25, 0.3) is 5.91 Å². The minimum Gasteiger partial charge on any atom is -0.381 e. The Morgan fingerprint density at radius 3 is 2.81 bits per heavy atom. The predicted molar refractivity (Wildman–Crippen MR) is 104 cm³/mol. The van der Waals surface area contributed by atoms with Crippen molar-refractivity contribution in [2.75, 3.05) is 32.8 Å². The van der Waals surface area contributed by atoms with E-state index in [1.165, 1.54) is 6.42 Å². The number of aromatic nitrogens is 2. The molecular weight excluding hydrogens is 340 g/mol. The molecule has 1 aromatic carbocycles. The van der Waals surface area contributed by atoms with Crippen molar-refractivity contribution in [3.05, 3.63) is 29.6 Å². The maximum absolute atomic E-state index is 13.3. The van der Waals surface area contributed by atoms with Crippen molar-refractivity contribution in [1.29, 1.82) is 0 Å². The highest BCUT2D eigenvalue weighted by molar-refractivity contribution is 5.97. The average Bonchev–Trinajstić information content (AvgIpc) is 2.85. The summed E-state index contributed by atoms with van der Waals surface area (Å²) in [5, 5.41) is 0. The number of rotatable bonds is 2. The third-order valence-electron chi connectivity index (χ3n) is 6.56. The fourth-order valence-electron chi connectivity index (χ4n) is 5.15. The molecule has 144 valence electrons. The molecular formula is C21H28N4O2. The van der Waals surface area contributed by atoms with Gasteiger partial charge in [-0.05, 0) is 56.7 Å². The monoisotopic (exact) mass is 368 g/mol. The Balaban J connectivity index is 1.37. The molecule has 4 aliphatic heterocycles. The first-order valence-electron chi connectivity index (χ1n) is 10.3. The molecule has 1 aromatic heterocycles. The van der Waals surface area contributed by atoms with Gasteiger partial charge in [-0.3, -0.25) is 9.69 Å². The van der Waals surface area contributed by atoms with E-state index in [2.05, 4.69) is 19.8 Å². The number of hydrogen-bond donors (Lipinski definition) is 1. The Labute approximate surface area is 159 Å². The lowest BCUT2D eigenvalue weighted by Crippen LogP contribution is -2.48. The highest BCUT2D eigenvalue weighted by Gasteiger charge is 2.39. The molecule has 0 aliphatic carbocycles. The molecule has 6 nitrogen and oxygen atoms in total. The smallest absolute Gasteiger partial charge is 0.254 e. The number of amides is 1. The molecule has 2 aromatic rings. The Hall–Kier alpha value is -1.92. The molecule has 0 spiro atoms. The van der Waals surface area contributed by atoms with Crippen molar-refractivity contribution in [2.45, 2.75) is 44.7 Å². The molecule has 0 radical (unpaired) electrons. The number of imidazole rings is 1. The van der Waals surface area contributed by atoms with E-state index in [9.17, 15) is 4.79 Å². The molecule has 0 saturated carbocycles. The number of carbonyl (C=O) groups excluding carboxylic acids is 1. The van der Waals surface area contributed by atoms with Gasteiger partial charge < -0.3 is 14.6 Å². The van der Waals surface area contributed by atoms with Crippen LogP contribution in [0.1, 0.15) is 41.9 Å². The average molecular weight is 368 g/mol. The normalized spacial score (nSPS) is 27.2. The highest BCUT2D eigenvalue weighted by atomic mass is 16.5. The van der Waals surface area contributed by atoms with Gasteiger partial charge in [-0.25, -0.2) is 4.98 Å². The van der Waals surface area contributed by atoms with Crippen molar-refractivity contribution < 1.29 is 9.53 Å². The van der Waals surface area contributed by atoms with E-state index >= 15 is 0 Å². The molecule has 5 heterocycles. The van der Waals surface area contributed by atoms with E-state index < -0.39 is 0 Å². The maximum Gasteiger partial charge on any atom is 0.254 e. The summed E-state index contributed by atoms with van der Waals surface area (Å²) in [4.78, 5) is 25.8. The van der Waals surface area contributed by atoms with E-state index in [1.807, 2.05) is 25.1 Å². The zero-order valence-electron chi connectivity index (χ0n) is 16.0. The fraction of sp³-hybridized carbons (Fsp3) is 0.619. The van der Waals surface area contributed by atoms with Gasteiger partial charge in [0, 0.05) is 50.5 Å². The number of nitrogens with zero attached hydrogens (tertiary/aromatic N) is 3. The number of nitrogens with one attached hydrogen (secondary N) is 1. The van der Waals surface area contributed by atoms with Crippen LogP contribution in [-0.4, -0.2) is 70.6 Å². The molecule has 2 bridgehead atoms. The first-order chi connectivity index (χ1) is 13.2. The number of hydrogen-bond acceptors (Lipinski definition) is 4. The largest absolute Gasteiger partial charge is 0.381 e. The summed E-state index contributed by atoms with van der Waals surface area (Å²) in [5.74, 6) is 1.65. The number of aromatic amines is 1. The minimum atomic E-state index is 0.174. The van der Waals surface area contributed by atoms with Crippen LogP contribution in [0.2, 0.25) is 0 Å². The second-order valence-electron chi connectivity index (χ2n) is 8.41. The topological polar surface area (TPSA) is 61.5 Å². The minimum absolute atomic E-state index is 0.174. The van der Waals surface area contributed by atoms with E-state index in [0.717, 1.165) is 74.5 Å². The van der Waals surface area contributed by atoms with Gasteiger partial charge in [-0.15, -0.1) is 0 Å². The van der Waals surface area contributed by atoms with Crippen LogP contribution in [0.25, 0.3) is 11.0 Å². The van der Waals surface area contributed by atoms with Crippen LogP contribution in [0.4, 0.5) is 0 Å². The number of fused-ring (bicyclic) bond motifs is 5. The first kappa shape index (κ1) is 17.2. The summed E-state index contributed by atoms with van der Waals surface area (Å²) in [6.07, 6.45) is 4.63. The zero-order valence-corrected chi connectivity index (χ0v) is 16.0. The van der Waals surface area contributed by atoms with Gasteiger partial charge in [0.1, 0.15) is 5.82 Å². The lowest BCUT2D eigenvalue weighted by atomic mass is 9.94. The van der Waals surface area contributed by atoms with Gasteiger partial charge in [0.15, 0.2) is 0 Å². The molecule has 2 atom stereocenters. The lowest BCUT2D eigenvalue weighted by molar-refractivity contribution is 0.0304. The number of benzene rings is 1. The lowest BCUT2D eigenvalue weighted by Gasteiger charge is -2.37. The van der Waals surface area contributed by atoms with Crippen LogP contribution in [-0.2, 0) is 4.74 Å². The molecule has 6 heteroatoms. The van der Waals surface area contributed by atoms with Crippen molar-refractivity contribution in [2.24, 2.45) is 5.92 Å². The van der Waals surface area contributed by atoms with Crippen molar-refractivity contribution >= 4 is 16.9 Å². The van der Waals surface area contributed by atoms with Gasteiger partial charge in [0.2, 0.25) is 0 Å². The molecule has 27 heavy (non-hydrogen) atoms. The van der Waals surface area contributed by atoms with Crippen molar-refractivity contribution in [1.82, 2.24) is 19.8 Å². The number of H-pyrrole nitrogens is 1. The van der Waals surface area contributed by atoms with Crippen LogP contribution in [0.5, 0.6) is 0 Å². The second-order valence-corrected chi connectivity index (χ2v) is 8.41. The third-order valence-corrected chi connectivity index (χ3v) is 6.56. The zero-order chi connectivity index (χ0) is 18.4.